The summed E-state index contributed by atoms with van der Waals surface area (Å²) in [7, 11) is -3.23. The molecular weight excluding hydrogens is 300 g/mol. The lowest BCUT2D eigenvalue weighted by Crippen LogP contribution is -2.38. The van der Waals surface area contributed by atoms with Crippen molar-refractivity contribution in [2.45, 2.75) is 45.8 Å². The van der Waals surface area contributed by atoms with E-state index in [-0.39, 0.29) is 12.3 Å². The number of benzene rings is 1. The van der Waals surface area contributed by atoms with E-state index in [1.807, 2.05) is 25.1 Å². The maximum absolute atomic E-state index is 11.9. The Bertz CT molecular complexity index is 631. The minimum Gasteiger partial charge on any atom is -0.337 e. The molecule has 124 valence electrons. The summed E-state index contributed by atoms with van der Waals surface area (Å²) < 4.78 is 23.1. The highest BCUT2D eigenvalue weighted by Crippen LogP contribution is 2.16. The number of anilines is 1. The first-order chi connectivity index (χ1) is 10.1. The third kappa shape index (κ3) is 5.02. The van der Waals surface area contributed by atoms with Crippen LogP contribution in [-0.2, 0) is 16.3 Å². The first-order valence-corrected chi connectivity index (χ1v) is 9.08. The maximum Gasteiger partial charge on any atom is 0.319 e. The molecule has 5 nitrogen and oxygen atoms in total. The van der Waals surface area contributed by atoms with E-state index in [2.05, 4.69) is 17.6 Å². The first kappa shape index (κ1) is 18.5. The number of urea groups is 1. The largest absolute Gasteiger partial charge is 0.337 e. The highest BCUT2D eigenvalue weighted by atomic mass is 32.2. The Hall–Kier alpha value is -1.56. The van der Waals surface area contributed by atoms with Crippen LogP contribution in [0.2, 0.25) is 0 Å². The van der Waals surface area contributed by atoms with Gasteiger partial charge < -0.3 is 10.6 Å². The average Bonchev–Trinajstić information content (AvgIpc) is 2.39. The van der Waals surface area contributed by atoms with Gasteiger partial charge in [-0.05, 0) is 57.4 Å². The summed E-state index contributed by atoms with van der Waals surface area (Å²) in [5.74, 6) is -0.0714. The molecule has 0 saturated heterocycles. The van der Waals surface area contributed by atoms with Crippen molar-refractivity contribution >= 4 is 21.6 Å². The standard InChI is InChI=1S/C16H26N2O3S/c1-6-13-11-14(8-7-12(13)2)18-15(19)17-9-10-22(20,21)16(3,4)5/h7-8,11H,6,9-10H2,1-5H3,(H2,17,18,19). The lowest BCUT2D eigenvalue weighted by molar-refractivity contribution is 0.252. The van der Waals surface area contributed by atoms with Crippen LogP contribution in [0.5, 0.6) is 0 Å². The average molecular weight is 326 g/mol. The summed E-state index contributed by atoms with van der Waals surface area (Å²) in [6.45, 7) is 9.14. The molecule has 22 heavy (non-hydrogen) atoms. The van der Waals surface area contributed by atoms with Gasteiger partial charge in [0, 0.05) is 12.2 Å². The Morgan fingerprint density at radius 2 is 1.86 bits per heavy atom. The van der Waals surface area contributed by atoms with Crippen LogP contribution in [0.1, 0.15) is 38.8 Å². The molecule has 0 radical (unpaired) electrons. The van der Waals surface area contributed by atoms with E-state index in [0.29, 0.717) is 5.69 Å². The Labute approximate surface area is 133 Å². The molecule has 0 spiro atoms. The van der Waals surface area contributed by atoms with Gasteiger partial charge in [0.15, 0.2) is 9.84 Å². The third-order valence-corrected chi connectivity index (χ3v) is 6.18. The lowest BCUT2D eigenvalue weighted by Gasteiger charge is -2.19. The maximum atomic E-state index is 11.9. The summed E-state index contributed by atoms with van der Waals surface area (Å²) >= 11 is 0. The van der Waals surface area contributed by atoms with Crippen molar-refractivity contribution in [2.24, 2.45) is 0 Å². The summed E-state index contributed by atoms with van der Waals surface area (Å²) in [5, 5.41) is 5.31. The molecule has 0 bridgehead atoms. The van der Waals surface area contributed by atoms with Crippen molar-refractivity contribution < 1.29 is 13.2 Å². The summed E-state index contributed by atoms with van der Waals surface area (Å²) in [4.78, 5) is 11.8. The summed E-state index contributed by atoms with van der Waals surface area (Å²) in [5.41, 5.74) is 3.07. The number of amides is 2. The molecule has 0 aliphatic rings. The van der Waals surface area contributed by atoms with Gasteiger partial charge in [0.1, 0.15) is 0 Å². The van der Waals surface area contributed by atoms with Gasteiger partial charge in [0.05, 0.1) is 10.5 Å². The molecule has 0 atom stereocenters. The van der Waals surface area contributed by atoms with Gasteiger partial charge in [-0.3, -0.25) is 0 Å². The fourth-order valence-corrected chi connectivity index (χ4v) is 2.89. The minimum absolute atomic E-state index is 0.0714. The Morgan fingerprint density at radius 1 is 1.23 bits per heavy atom. The third-order valence-electron chi connectivity index (χ3n) is 3.58. The van der Waals surface area contributed by atoms with Gasteiger partial charge in [-0.2, -0.15) is 0 Å². The second-order valence-corrected chi connectivity index (χ2v) is 9.17. The molecule has 2 N–H and O–H groups in total. The number of hydrogen-bond donors (Lipinski definition) is 2. The zero-order valence-electron chi connectivity index (χ0n) is 14.0. The molecule has 0 unspecified atom stereocenters. The van der Waals surface area contributed by atoms with Crippen molar-refractivity contribution in [3.63, 3.8) is 0 Å². The van der Waals surface area contributed by atoms with Crippen LogP contribution in [0, 0.1) is 6.92 Å². The Kier molecular flexibility index (Phi) is 6.00. The van der Waals surface area contributed by atoms with Gasteiger partial charge >= 0.3 is 6.03 Å². The molecule has 1 rings (SSSR count). The summed E-state index contributed by atoms with van der Waals surface area (Å²) in [6, 6.07) is 5.33. The monoisotopic (exact) mass is 326 g/mol. The molecule has 1 aromatic carbocycles. The fraction of sp³-hybridized carbons (Fsp3) is 0.562. The zero-order chi connectivity index (χ0) is 17.0. The minimum atomic E-state index is -3.23. The quantitative estimate of drug-likeness (QED) is 0.873. The number of carbonyl (C=O) groups excluding carboxylic acids is 1. The van der Waals surface area contributed by atoms with Gasteiger partial charge in [0.2, 0.25) is 0 Å². The van der Waals surface area contributed by atoms with Crippen LogP contribution in [0.25, 0.3) is 0 Å². The molecular formula is C16H26N2O3S. The smallest absolute Gasteiger partial charge is 0.319 e. The molecule has 0 heterocycles. The first-order valence-electron chi connectivity index (χ1n) is 7.43. The molecule has 0 aliphatic heterocycles. The van der Waals surface area contributed by atoms with Gasteiger partial charge in [-0.1, -0.05) is 13.0 Å². The van der Waals surface area contributed by atoms with Crippen LogP contribution < -0.4 is 10.6 Å². The molecule has 0 aliphatic carbocycles. The predicted octanol–water partition coefficient (Wildman–Crippen LogP) is 2.89. The van der Waals surface area contributed by atoms with E-state index in [4.69, 9.17) is 0 Å². The number of nitrogens with one attached hydrogen (secondary N) is 2. The highest BCUT2D eigenvalue weighted by molar-refractivity contribution is 7.92. The number of aryl methyl sites for hydroxylation is 2. The molecule has 0 fully saturated rings. The van der Waals surface area contributed by atoms with E-state index in [1.54, 1.807) is 20.8 Å². The van der Waals surface area contributed by atoms with Crippen LogP contribution in [0.3, 0.4) is 0 Å². The predicted molar refractivity (Wildman–Crippen MR) is 91.1 cm³/mol. The molecule has 1 aromatic rings. The number of hydrogen-bond acceptors (Lipinski definition) is 3. The number of rotatable bonds is 5. The van der Waals surface area contributed by atoms with E-state index in [0.717, 1.165) is 6.42 Å². The van der Waals surface area contributed by atoms with Gasteiger partial charge in [-0.25, -0.2) is 13.2 Å². The highest BCUT2D eigenvalue weighted by Gasteiger charge is 2.28. The van der Waals surface area contributed by atoms with E-state index in [1.165, 1.54) is 11.1 Å². The fourth-order valence-electron chi connectivity index (χ4n) is 1.91. The van der Waals surface area contributed by atoms with E-state index < -0.39 is 20.6 Å². The molecule has 2 amide bonds. The molecule has 0 aromatic heterocycles. The van der Waals surface area contributed by atoms with E-state index in [9.17, 15) is 13.2 Å². The van der Waals surface area contributed by atoms with Crippen molar-refractivity contribution in [1.82, 2.24) is 5.32 Å². The molecule has 0 saturated carbocycles. The lowest BCUT2D eigenvalue weighted by atomic mass is 10.1. The van der Waals surface area contributed by atoms with Gasteiger partial charge in [-0.15, -0.1) is 0 Å². The number of carbonyl (C=O) groups is 1. The van der Waals surface area contributed by atoms with Crippen LogP contribution >= 0.6 is 0 Å². The normalized spacial score (nSPS) is 12.0. The number of sulfone groups is 1. The zero-order valence-corrected chi connectivity index (χ0v) is 14.8. The Morgan fingerprint density at radius 3 is 2.41 bits per heavy atom. The molecule has 6 heteroatoms. The van der Waals surface area contributed by atoms with Crippen LogP contribution in [0.4, 0.5) is 10.5 Å². The van der Waals surface area contributed by atoms with Crippen LogP contribution in [-0.4, -0.2) is 31.5 Å². The van der Waals surface area contributed by atoms with Crippen molar-refractivity contribution in [2.75, 3.05) is 17.6 Å². The van der Waals surface area contributed by atoms with Gasteiger partial charge in [0.25, 0.3) is 0 Å². The van der Waals surface area contributed by atoms with Crippen LogP contribution in [0.15, 0.2) is 18.2 Å². The Balaban J connectivity index is 2.54. The van der Waals surface area contributed by atoms with Crippen molar-refractivity contribution in [3.8, 4) is 0 Å². The second-order valence-electron chi connectivity index (χ2n) is 6.31. The van der Waals surface area contributed by atoms with Crippen molar-refractivity contribution in [3.05, 3.63) is 29.3 Å². The second kappa shape index (κ2) is 7.13. The summed E-state index contributed by atoms with van der Waals surface area (Å²) in [6.07, 6.45) is 0.896. The topological polar surface area (TPSA) is 75.3 Å². The SMILES string of the molecule is CCc1cc(NC(=O)NCCS(=O)(=O)C(C)(C)C)ccc1C. The van der Waals surface area contributed by atoms with Crippen molar-refractivity contribution in [1.29, 1.82) is 0 Å². The van der Waals surface area contributed by atoms with E-state index >= 15 is 0 Å².